The molecule has 14 heavy (non-hydrogen) atoms. The first-order valence-electron chi connectivity index (χ1n) is 3.94. The number of hydrogen-bond acceptors (Lipinski definition) is 2. The number of benzene rings is 1. The normalized spacial score (nSPS) is 14.1. The van der Waals surface area contributed by atoms with Crippen LogP contribution in [0.1, 0.15) is 17.2 Å². The number of phenolic OH excluding ortho intramolecular Hbond substituents is 1. The maximum Gasteiger partial charge on any atom is 0.407 e. The van der Waals surface area contributed by atoms with E-state index in [1.165, 1.54) is 19.1 Å². The summed E-state index contributed by atoms with van der Waals surface area (Å²) < 4.78 is 36.7. The van der Waals surface area contributed by atoms with Gasteiger partial charge in [-0.15, -0.1) is 0 Å². The smallest absolute Gasteiger partial charge is 0.407 e. The molecule has 5 heteroatoms. The molecule has 0 radical (unpaired) electrons. The van der Waals surface area contributed by atoms with Crippen LogP contribution in [0, 0.1) is 6.92 Å². The van der Waals surface area contributed by atoms with Crippen LogP contribution in [0.4, 0.5) is 13.2 Å². The fourth-order valence-electron chi connectivity index (χ4n) is 1.14. The van der Waals surface area contributed by atoms with Gasteiger partial charge >= 0.3 is 6.18 Å². The minimum Gasteiger partial charge on any atom is -0.508 e. The topological polar surface area (TPSA) is 46.2 Å². The Kier molecular flexibility index (Phi) is 2.71. The fraction of sp³-hybridized carbons (Fsp3) is 0.333. The molecule has 0 spiro atoms. The summed E-state index contributed by atoms with van der Waals surface area (Å²) in [6.45, 7) is 1.51. The van der Waals surface area contributed by atoms with Crippen molar-refractivity contribution >= 4 is 0 Å². The van der Waals surface area contributed by atoms with E-state index in [2.05, 4.69) is 0 Å². The highest BCUT2D eigenvalue weighted by Crippen LogP contribution is 2.33. The maximum atomic E-state index is 12.2. The number of halogens is 3. The van der Waals surface area contributed by atoms with E-state index in [4.69, 9.17) is 10.8 Å². The Balaban J connectivity index is 3.12. The van der Waals surface area contributed by atoms with Crippen molar-refractivity contribution in [3.63, 3.8) is 0 Å². The number of rotatable bonds is 1. The predicted molar refractivity (Wildman–Crippen MR) is 45.8 cm³/mol. The summed E-state index contributed by atoms with van der Waals surface area (Å²) in [7, 11) is 0. The number of aryl methyl sites for hydroxylation is 1. The summed E-state index contributed by atoms with van der Waals surface area (Å²) >= 11 is 0. The van der Waals surface area contributed by atoms with E-state index in [1.807, 2.05) is 0 Å². The molecule has 1 rings (SSSR count). The molecule has 0 bridgehead atoms. The minimum atomic E-state index is -4.49. The van der Waals surface area contributed by atoms with Gasteiger partial charge in [0, 0.05) is 0 Å². The zero-order chi connectivity index (χ0) is 10.9. The van der Waals surface area contributed by atoms with Crippen LogP contribution in [0.15, 0.2) is 18.2 Å². The van der Waals surface area contributed by atoms with Crippen molar-refractivity contribution in [3.8, 4) is 5.75 Å². The zero-order valence-electron chi connectivity index (χ0n) is 7.47. The standard InChI is InChI=1S/C9H10F3NO/c1-5-2-3-6(14)4-7(5)8(13)9(10,11)12/h2-4,8,14H,13H2,1H3. The maximum absolute atomic E-state index is 12.2. The molecular formula is C9H10F3NO. The van der Waals surface area contributed by atoms with Crippen molar-refractivity contribution in [1.29, 1.82) is 0 Å². The number of phenols is 1. The molecule has 78 valence electrons. The number of nitrogens with two attached hydrogens (primary N) is 1. The lowest BCUT2D eigenvalue weighted by molar-refractivity contribution is -0.149. The van der Waals surface area contributed by atoms with Crippen LogP contribution in [-0.2, 0) is 0 Å². The quantitative estimate of drug-likeness (QED) is 0.738. The van der Waals surface area contributed by atoms with Crippen molar-refractivity contribution in [3.05, 3.63) is 29.3 Å². The first-order chi connectivity index (χ1) is 6.32. The Morgan fingerprint density at radius 3 is 2.43 bits per heavy atom. The van der Waals surface area contributed by atoms with Crippen molar-refractivity contribution in [2.45, 2.75) is 19.1 Å². The molecule has 2 nitrogen and oxygen atoms in total. The summed E-state index contributed by atoms with van der Waals surface area (Å²) in [6, 6.07) is 1.71. The largest absolute Gasteiger partial charge is 0.508 e. The van der Waals surface area contributed by atoms with E-state index in [0.717, 1.165) is 6.07 Å². The highest BCUT2D eigenvalue weighted by atomic mass is 19.4. The van der Waals surface area contributed by atoms with E-state index in [0.29, 0.717) is 5.56 Å². The van der Waals surface area contributed by atoms with Crippen LogP contribution in [-0.4, -0.2) is 11.3 Å². The average molecular weight is 205 g/mol. The Morgan fingerprint density at radius 1 is 1.36 bits per heavy atom. The SMILES string of the molecule is Cc1ccc(O)cc1C(N)C(F)(F)F. The van der Waals surface area contributed by atoms with Crippen LogP contribution in [0.5, 0.6) is 5.75 Å². The molecule has 0 saturated carbocycles. The molecule has 1 unspecified atom stereocenters. The summed E-state index contributed by atoms with van der Waals surface area (Å²) in [5.74, 6) is -0.217. The molecule has 0 heterocycles. The van der Waals surface area contributed by atoms with Gasteiger partial charge in [0.05, 0.1) is 0 Å². The Morgan fingerprint density at radius 2 is 1.93 bits per heavy atom. The first kappa shape index (κ1) is 10.8. The second kappa shape index (κ2) is 3.49. The highest BCUT2D eigenvalue weighted by molar-refractivity contribution is 5.36. The summed E-state index contributed by atoms with van der Waals surface area (Å²) in [5, 5.41) is 9.03. The third-order valence-corrected chi connectivity index (χ3v) is 1.95. The van der Waals surface area contributed by atoms with Crippen LogP contribution in [0.3, 0.4) is 0 Å². The van der Waals surface area contributed by atoms with Crippen LogP contribution in [0.25, 0.3) is 0 Å². The molecule has 0 amide bonds. The van der Waals surface area contributed by atoms with Gasteiger partial charge in [-0.25, -0.2) is 0 Å². The molecule has 0 aliphatic heterocycles. The van der Waals surface area contributed by atoms with Crippen molar-refractivity contribution in [2.24, 2.45) is 5.73 Å². The monoisotopic (exact) mass is 205 g/mol. The molecule has 0 aliphatic carbocycles. The van der Waals surface area contributed by atoms with Crippen LogP contribution >= 0.6 is 0 Å². The van der Waals surface area contributed by atoms with Crippen LogP contribution in [0.2, 0.25) is 0 Å². The highest BCUT2D eigenvalue weighted by Gasteiger charge is 2.38. The molecule has 0 fully saturated rings. The van der Waals surface area contributed by atoms with E-state index in [-0.39, 0.29) is 11.3 Å². The molecule has 1 aromatic rings. The minimum absolute atomic E-state index is 0.0995. The third-order valence-electron chi connectivity index (χ3n) is 1.95. The summed E-state index contributed by atoms with van der Waals surface area (Å²) in [6.07, 6.45) is -4.49. The fourth-order valence-corrected chi connectivity index (χ4v) is 1.14. The van der Waals surface area contributed by atoms with Gasteiger partial charge in [-0.05, 0) is 30.2 Å². The third kappa shape index (κ3) is 2.17. The Bertz CT molecular complexity index is 335. The lowest BCUT2D eigenvalue weighted by Gasteiger charge is -2.17. The molecule has 1 atom stereocenters. The van der Waals surface area contributed by atoms with Gasteiger partial charge in [-0.1, -0.05) is 6.07 Å². The molecule has 0 saturated heterocycles. The van der Waals surface area contributed by atoms with Gasteiger partial charge in [0.2, 0.25) is 0 Å². The lowest BCUT2D eigenvalue weighted by Crippen LogP contribution is -2.29. The number of hydrogen-bond donors (Lipinski definition) is 2. The Labute approximate surface area is 79.2 Å². The predicted octanol–water partition coefficient (Wildman–Crippen LogP) is 2.26. The molecule has 0 aliphatic rings. The van der Waals surface area contributed by atoms with E-state index >= 15 is 0 Å². The van der Waals surface area contributed by atoms with Gasteiger partial charge in [0.1, 0.15) is 11.8 Å². The second-order valence-electron chi connectivity index (χ2n) is 3.06. The van der Waals surface area contributed by atoms with Crippen molar-refractivity contribution in [2.75, 3.05) is 0 Å². The Hall–Kier alpha value is -1.23. The summed E-state index contributed by atoms with van der Waals surface area (Å²) in [5.41, 5.74) is 5.32. The van der Waals surface area contributed by atoms with Crippen LogP contribution < -0.4 is 5.73 Å². The van der Waals surface area contributed by atoms with E-state index < -0.39 is 12.2 Å². The van der Waals surface area contributed by atoms with Gasteiger partial charge < -0.3 is 10.8 Å². The average Bonchev–Trinajstić information content (AvgIpc) is 2.06. The van der Waals surface area contributed by atoms with E-state index in [9.17, 15) is 13.2 Å². The summed E-state index contributed by atoms with van der Waals surface area (Å²) in [4.78, 5) is 0. The first-order valence-corrected chi connectivity index (χ1v) is 3.94. The molecular weight excluding hydrogens is 195 g/mol. The van der Waals surface area contributed by atoms with Gasteiger partial charge in [-0.3, -0.25) is 0 Å². The van der Waals surface area contributed by atoms with Gasteiger partial charge in [0.25, 0.3) is 0 Å². The van der Waals surface area contributed by atoms with Gasteiger partial charge in [-0.2, -0.15) is 13.2 Å². The number of aromatic hydroxyl groups is 1. The molecule has 0 aromatic heterocycles. The van der Waals surface area contributed by atoms with Crippen molar-refractivity contribution < 1.29 is 18.3 Å². The van der Waals surface area contributed by atoms with Gasteiger partial charge in [0.15, 0.2) is 0 Å². The zero-order valence-corrected chi connectivity index (χ0v) is 7.47. The lowest BCUT2D eigenvalue weighted by atomic mass is 10.0. The van der Waals surface area contributed by atoms with E-state index in [1.54, 1.807) is 0 Å². The molecule has 1 aromatic carbocycles. The second-order valence-corrected chi connectivity index (χ2v) is 3.06. The van der Waals surface area contributed by atoms with Crippen molar-refractivity contribution in [1.82, 2.24) is 0 Å². The number of alkyl halides is 3. The molecule has 3 N–H and O–H groups in total.